The molecule has 6 nitrogen and oxygen atoms in total. The predicted octanol–water partition coefficient (Wildman–Crippen LogP) is 9.40. The van der Waals surface area contributed by atoms with Gasteiger partial charge in [0.25, 0.3) is 0 Å². The molecule has 0 saturated carbocycles. The van der Waals surface area contributed by atoms with Gasteiger partial charge in [-0.3, -0.25) is 0 Å². The highest BCUT2D eigenvalue weighted by molar-refractivity contribution is 5.39. The lowest BCUT2D eigenvalue weighted by Gasteiger charge is -2.43. The molecule has 4 N–H and O–H groups in total. The van der Waals surface area contributed by atoms with Crippen molar-refractivity contribution in [3.05, 3.63) is 130 Å². The van der Waals surface area contributed by atoms with Crippen LogP contribution in [0.3, 0.4) is 0 Å². The smallest absolute Gasteiger partial charge is 0.186 e. The van der Waals surface area contributed by atoms with Crippen LogP contribution >= 0.6 is 0 Å². The van der Waals surface area contributed by atoms with Crippen LogP contribution in [-0.4, -0.2) is 63.3 Å². The second-order valence-electron chi connectivity index (χ2n) is 16.5. The van der Waals surface area contributed by atoms with Crippen LogP contribution in [-0.2, 0) is 9.47 Å². The minimum atomic E-state index is -1.30. The molecule has 1 heterocycles. The number of aliphatic hydroxyl groups excluding tert-OH is 4. The van der Waals surface area contributed by atoms with Crippen molar-refractivity contribution in [2.45, 2.75) is 145 Å². The van der Waals surface area contributed by atoms with Crippen molar-refractivity contribution in [1.29, 1.82) is 0 Å². The Morgan fingerprint density at radius 1 is 0.615 bits per heavy atom. The van der Waals surface area contributed by atoms with E-state index in [1.807, 2.05) is 0 Å². The Balaban J connectivity index is 1.51. The lowest BCUT2D eigenvalue weighted by atomic mass is 9.71. The normalized spacial score (nSPS) is 31.5. The number of ether oxygens (including phenoxy) is 2. The summed E-state index contributed by atoms with van der Waals surface area (Å²) < 4.78 is 11.8. The van der Waals surface area contributed by atoms with Crippen molar-refractivity contribution in [3.63, 3.8) is 0 Å². The summed E-state index contributed by atoms with van der Waals surface area (Å²) in [5, 5.41) is 40.7. The van der Waals surface area contributed by atoms with Gasteiger partial charge in [0.1, 0.15) is 18.3 Å². The van der Waals surface area contributed by atoms with E-state index in [-0.39, 0.29) is 23.0 Å². The van der Waals surface area contributed by atoms with Crippen molar-refractivity contribution in [2.24, 2.45) is 10.8 Å². The minimum absolute atomic E-state index is 0.0120. The van der Waals surface area contributed by atoms with Crippen LogP contribution in [0.4, 0.5) is 0 Å². The summed E-state index contributed by atoms with van der Waals surface area (Å²) in [6.07, 6.45) is 26.9. The van der Waals surface area contributed by atoms with Gasteiger partial charge in [0.05, 0.1) is 18.3 Å². The van der Waals surface area contributed by atoms with Crippen molar-refractivity contribution >= 4 is 0 Å². The van der Waals surface area contributed by atoms with E-state index in [1.54, 1.807) is 6.92 Å². The van der Waals surface area contributed by atoms with Gasteiger partial charge in [-0.05, 0) is 96.1 Å². The standard InChI is InChI=1S/C46H66O6/c1-30(18-14-20-32(3)22-24-39-34(5)26-37(47)28-45(39,8)9)16-12-13-17-31(2)19-15-21-33(4)23-25-40-35(6)27-38(29-46(40,10)11)52-44-43(50)42(49)41(48)36(7)51-44/h12-25,36-38,41-44,47-50H,26-29H2,1-11H3/b13-12+,18-14+,19-15+,24-22+,25-23+,30-16-,31-17+,32-20+,33-21+/t36-,37+,38+,41-,42+,43+,44-/m0/s1. The number of rotatable bonds is 12. The molecule has 7 atom stereocenters. The summed E-state index contributed by atoms with van der Waals surface area (Å²) in [6, 6.07) is 0. The molecule has 1 fully saturated rings. The van der Waals surface area contributed by atoms with Gasteiger partial charge < -0.3 is 29.9 Å². The van der Waals surface area contributed by atoms with Gasteiger partial charge in [-0.1, -0.05) is 146 Å². The summed E-state index contributed by atoms with van der Waals surface area (Å²) in [5.74, 6) is 0. The fourth-order valence-electron chi connectivity index (χ4n) is 7.51. The highest BCUT2D eigenvalue weighted by atomic mass is 16.7. The van der Waals surface area contributed by atoms with Crippen LogP contribution in [0.25, 0.3) is 0 Å². The molecule has 3 aliphatic rings. The fourth-order valence-corrected chi connectivity index (χ4v) is 7.51. The number of allylic oxidation sites excluding steroid dienone is 20. The second kappa shape index (κ2) is 19.3. The largest absolute Gasteiger partial charge is 0.393 e. The Morgan fingerprint density at radius 2 is 1.06 bits per heavy atom. The molecule has 6 heteroatoms. The van der Waals surface area contributed by atoms with Crippen LogP contribution in [0, 0.1) is 10.8 Å². The molecule has 1 saturated heterocycles. The summed E-state index contributed by atoms with van der Waals surface area (Å²) >= 11 is 0. The van der Waals surface area contributed by atoms with E-state index in [0.717, 1.165) is 30.4 Å². The molecule has 1 aliphatic heterocycles. The third-order valence-corrected chi connectivity index (χ3v) is 10.4. The van der Waals surface area contributed by atoms with E-state index in [2.05, 4.69) is 154 Å². The Kier molecular flexibility index (Phi) is 16.1. The van der Waals surface area contributed by atoms with E-state index in [0.29, 0.717) is 6.42 Å². The van der Waals surface area contributed by atoms with Gasteiger partial charge in [0.2, 0.25) is 0 Å². The molecular weight excluding hydrogens is 649 g/mol. The van der Waals surface area contributed by atoms with E-state index < -0.39 is 30.7 Å². The van der Waals surface area contributed by atoms with Gasteiger partial charge in [-0.15, -0.1) is 0 Å². The number of hydrogen-bond acceptors (Lipinski definition) is 6. The Labute approximate surface area is 314 Å². The molecule has 0 bridgehead atoms. The molecule has 0 aromatic rings. The zero-order valence-corrected chi connectivity index (χ0v) is 33.6. The zero-order chi connectivity index (χ0) is 38.8. The first-order chi connectivity index (χ1) is 24.3. The molecule has 3 rings (SSSR count). The minimum Gasteiger partial charge on any atom is -0.393 e. The molecular formula is C46H66O6. The third-order valence-electron chi connectivity index (χ3n) is 10.4. The molecule has 0 amide bonds. The molecule has 0 spiro atoms. The monoisotopic (exact) mass is 714 g/mol. The molecule has 0 aromatic heterocycles. The summed E-state index contributed by atoms with van der Waals surface area (Å²) in [7, 11) is 0. The SMILES string of the molecule is CC1=C(/C=C/C(C)=C/C=C/C(C)=C\C=C\C=C(C)\C=C\C=C(C)\C=C\C2=C(C)C[C@@H](O[C@@H]3O[C@@H](C)[C@H](O)[C@@H](O)[C@H]3O)CC2(C)C)C(C)(C)C[C@H](O)C1. The lowest BCUT2D eigenvalue weighted by molar-refractivity contribution is -0.305. The van der Waals surface area contributed by atoms with Crippen LogP contribution in [0.1, 0.15) is 102 Å². The Hall–Kier alpha value is -3.10. The topological polar surface area (TPSA) is 99.4 Å². The molecule has 286 valence electrons. The highest BCUT2D eigenvalue weighted by Gasteiger charge is 2.44. The van der Waals surface area contributed by atoms with E-state index in [9.17, 15) is 20.4 Å². The zero-order valence-electron chi connectivity index (χ0n) is 33.6. The quantitative estimate of drug-likeness (QED) is 0.150. The van der Waals surface area contributed by atoms with Crippen LogP contribution in [0.15, 0.2) is 130 Å². The maximum atomic E-state index is 10.4. The summed E-state index contributed by atoms with van der Waals surface area (Å²) in [6.45, 7) is 23.1. The summed E-state index contributed by atoms with van der Waals surface area (Å²) in [4.78, 5) is 0. The first-order valence-electron chi connectivity index (χ1n) is 18.8. The molecule has 2 aliphatic carbocycles. The van der Waals surface area contributed by atoms with Crippen molar-refractivity contribution in [2.75, 3.05) is 0 Å². The van der Waals surface area contributed by atoms with E-state index in [1.165, 1.54) is 33.4 Å². The average molecular weight is 715 g/mol. The average Bonchev–Trinajstić information content (AvgIpc) is 3.03. The highest BCUT2D eigenvalue weighted by Crippen LogP contribution is 2.43. The van der Waals surface area contributed by atoms with Gasteiger partial charge in [0, 0.05) is 0 Å². The van der Waals surface area contributed by atoms with Gasteiger partial charge in [0.15, 0.2) is 6.29 Å². The third kappa shape index (κ3) is 12.8. The first kappa shape index (κ1) is 43.3. The Bertz CT molecular complexity index is 1580. The number of aliphatic hydroxyl groups is 4. The summed E-state index contributed by atoms with van der Waals surface area (Å²) in [5.41, 5.74) is 9.59. The number of hydrogen-bond donors (Lipinski definition) is 4. The van der Waals surface area contributed by atoms with Gasteiger partial charge in [-0.25, -0.2) is 0 Å². The molecule has 0 unspecified atom stereocenters. The first-order valence-corrected chi connectivity index (χ1v) is 18.8. The van der Waals surface area contributed by atoms with Crippen molar-refractivity contribution in [1.82, 2.24) is 0 Å². The van der Waals surface area contributed by atoms with E-state index >= 15 is 0 Å². The maximum absolute atomic E-state index is 10.4. The van der Waals surface area contributed by atoms with E-state index in [4.69, 9.17) is 9.47 Å². The molecule has 0 aromatic carbocycles. The molecule has 0 radical (unpaired) electrons. The van der Waals surface area contributed by atoms with Gasteiger partial charge in [-0.2, -0.15) is 0 Å². The molecule has 52 heavy (non-hydrogen) atoms. The fraction of sp³-hybridized carbons (Fsp3) is 0.522. The lowest BCUT2D eigenvalue weighted by Crippen LogP contribution is -2.58. The predicted molar refractivity (Wildman–Crippen MR) is 215 cm³/mol. The maximum Gasteiger partial charge on any atom is 0.186 e. The van der Waals surface area contributed by atoms with Crippen molar-refractivity contribution in [3.8, 4) is 0 Å². The second-order valence-corrected chi connectivity index (χ2v) is 16.5. The van der Waals surface area contributed by atoms with Crippen LogP contribution in [0.2, 0.25) is 0 Å². The van der Waals surface area contributed by atoms with Crippen LogP contribution < -0.4 is 0 Å². The van der Waals surface area contributed by atoms with Gasteiger partial charge >= 0.3 is 0 Å². The van der Waals surface area contributed by atoms with Crippen LogP contribution in [0.5, 0.6) is 0 Å². The Morgan fingerprint density at radius 3 is 1.54 bits per heavy atom. The van der Waals surface area contributed by atoms with Crippen molar-refractivity contribution < 1.29 is 29.9 Å².